The van der Waals surface area contributed by atoms with Crippen molar-refractivity contribution in [3.05, 3.63) is 35.6 Å². The molecule has 6 heteroatoms. The molecule has 1 heterocycles. The van der Waals surface area contributed by atoms with Crippen molar-refractivity contribution in [2.75, 3.05) is 19.7 Å². The van der Waals surface area contributed by atoms with E-state index in [1.807, 2.05) is 25.1 Å². The highest BCUT2D eigenvalue weighted by Crippen LogP contribution is 2.44. The number of benzene rings is 1. The number of para-hydroxylation sites is 1. The normalized spacial score (nSPS) is 15.9. The molecular weight excluding hydrogens is 417 g/mol. The fourth-order valence-corrected chi connectivity index (χ4v) is 2.71. The first-order chi connectivity index (χ1) is 11.2. The Balaban J connectivity index is 0.00000208. The molecule has 1 fully saturated rings. The molecule has 1 aromatic carbocycles. The molecule has 0 aliphatic heterocycles. The van der Waals surface area contributed by atoms with E-state index in [1.54, 1.807) is 0 Å². The van der Waals surface area contributed by atoms with E-state index in [0.29, 0.717) is 6.54 Å². The molecule has 24 heavy (non-hydrogen) atoms. The van der Waals surface area contributed by atoms with Gasteiger partial charge in [0.25, 0.3) is 0 Å². The van der Waals surface area contributed by atoms with E-state index in [0.717, 1.165) is 54.2 Å². The minimum Gasteiger partial charge on any atom is -0.459 e. The molecule has 0 atom stereocenters. The molecule has 0 amide bonds. The summed E-state index contributed by atoms with van der Waals surface area (Å²) in [5.41, 5.74) is 2.12. The summed E-state index contributed by atoms with van der Waals surface area (Å²) in [4.78, 5) is 4.62. The summed E-state index contributed by atoms with van der Waals surface area (Å²) in [7, 11) is 0. The van der Waals surface area contributed by atoms with Gasteiger partial charge >= 0.3 is 0 Å². The molecule has 1 saturated carbocycles. The number of rotatable bonds is 6. The van der Waals surface area contributed by atoms with Crippen LogP contribution in [0.3, 0.4) is 0 Å². The fraction of sp³-hybridized carbons (Fsp3) is 0.500. The van der Waals surface area contributed by atoms with Crippen LogP contribution in [0.2, 0.25) is 0 Å². The lowest BCUT2D eigenvalue weighted by atomic mass is 10.1. The highest BCUT2D eigenvalue weighted by atomic mass is 127. The molecule has 2 aromatic rings. The molecule has 0 unspecified atom stereocenters. The van der Waals surface area contributed by atoms with Crippen LogP contribution in [0.15, 0.2) is 33.7 Å². The molecule has 0 saturated heterocycles. The Hall–Kier alpha value is -1.28. The number of halogens is 1. The van der Waals surface area contributed by atoms with Gasteiger partial charge < -0.3 is 20.2 Å². The highest BCUT2D eigenvalue weighted by molar-refractivity contribution is 14.0. The molecule has 3 N–H and O–H groups in total. The predicted octanol–water partition coefficient (Wildman–Crippen LogP) is 3.19. The Labute approximate surface area is 159 Å². The first-order valence-electron chi connectivity index (χ1n) is 8.27. The summed E-state index contributed by atoms with van der Waals surface area (Å²) in [6.45, 7) is 6.42. The average Bonchev–Trinajstić information content (AvgIpc) is 3.29. The number of aryl methyl sites for hydroxylation is 1. The Bertz CT molecular complexity index is 707. The van der Waals surface area contributed by atoms with Crippen LogP contribution in [0.25, 0.3) is 11.0 Å². The predicted molar refractivity (Wildman–Crippen MR) is 108 cm³/mol. The van der Waals surface area contributed by atoms with Gasteiger partial charge in [-0.3, -0.25) is 0 Å². The van der Waals surface area contributed by atoms with Crippen molar-refractivity contribution in [3.63, 3.8) is 0 Å². The van der Waals surface area contributed by atoms with Gasteiger partial charge in [-0.25, -0.2) is 4.99 Å². The molecule has 0 bridgehead atoms. The van der Waals surface area contributed by atoms with Crippen molar-refractivity contribution in [3.8, 4) is 0 Å². The molecule has 3 rings (SSSR count). The summed E-state index contributed by atoms with van der Waals surface area (Å²) in [6.07, 6.45) is 2.16. The van der Waals surface area contributed by atoms with Crippen molar-refractivity contribution in [1.29, 1.82) is 0 Å². The lowest BCUT2D eigenvalue weighted by Crippen LogP contribution is -2.41. The lowest BCUT2D eigenvalue weighted by Gasteiger charge is -2.16. The van der Waals surface area contributed by atoms with Crippen LogP contribution in [0, 0.1) is 12.3 Å². The molecule has 5 nitrogen and oxygen atoms in total. The summed E-state index contributed by atoms with van der Waals surface area (Å²) in [5.74, 6) is 1.67. The monoisotopic (exact) mass is 443 g/mol. The smallest absolute Gasteiger partial charge is 0.191 e. The molecular formula is C18H26IN3O2. The van der Waals surface area contributed by atoms with E-state index in [-0.39, 0.29) is 36.0 Å². The number of furan rings is 1. The average molecular weight is 443 g/mol. The van der Waals surface area contributed by atoms with Gasteiger partial charge in [0.15, 0.2) is 5.96 Å². The van der Waals surface area contributed by atoms with E-state index in [2.05, 4.69) is 28.6 Å². The highest BCUT2D eigenvalue weighted by Gasteiger charge is 2.41. The second-order valence-corrected chi connectivity index (χ2v) is 6.35. The van der Waals surface area contributed by atoms with Gasteiger partial charge in [0.1, 0.15) is 17.9 Å². The Kier molecular flexibility index (Phi) is 6.51. The van der Waals surface area contributed by atoms with E-state index >= 15 is 0 Å². The maximum atomic E-state index is 9.41. The van der Waals surface area contributed by atoms with Crippen LogP contribution in [0.1, 0.15) is 31.1 Å². The quantitative estimate of drug-likeness (QED) is 0.365. The van der Waals surface area contributed by atoms with Crippen LogP contribution >= 0.6 is 24.0 Å². The zero-order chi connectivity index (χ0) is 16.3. The lowest BCUT2D eigenvalue weighted by molar-refractivity contribution is 0.212. The maximum absolute atomic E-state index is 9.41. The summed E-state index contributed by atoms with van der Waals surface area (Å²) in [5, 5.41) is 17.1. The number of guanidine groups is 1. The Morgan fingerprint density at radius 3 is 2.67 bits per heavy atom. The van der Waals surface area contributed by atoms with Gasteiger partial charge in [-0.15, -0.1) is 24.0 Å². The van der Waals surface area contributed by atoms with Crippen LogP contribution < -0.4 is 10.6 Å². The molecule has 132 valence electrons. The molecule has 1 aromatic heterocycles. The maximum Gasteiger partial charge on any atom is 0.191 e. The van der Waals surface area contributed by atoms with Gasteiger partial charge in [0.2, 0.25) is 0 Å². The molecule has 0 spiro atoms. The van der Waals surface area contributed by atoms with Crippen molar-refractivity contribution in [2.45, 2.75) is 33.2 Å². The third-order valence-corrected chi connectivity index (χ3v) is 4.59. The minimum atomic E-state index is 0. The number of nitrogens with zero attached hydrogens (tertiary/aromatic N) is 1. The van der Waals surface area contributed by atoms with Crippen LogP contribution in [-0.4, -0.2) is 30.8 Å². The third-order valence-electron chi connectivity index (χ3n) is 4.59. The van der Waals surface area contributed by atoms with Crippen molar-refractivity contribution in [1.82, 2.24) is 10.6 Å². The first kappa shape index (κ1) is 19.1. The fourth-order valence-electron chi connectivity index (χ4n) is 2.71. The van der Waals surface area contributed by atoms with Gasteiger partial charge in [-0.1, -0.05) is 18.2 Å². The van der Waals surface area contributed by atoms with E-state index < -0.39 is 0 Å². The van der Waals surface area contributed by atoms with Gasteiger partial charge in [-0.05, 0) is 32.8 Å². The molecule has 1 aliphatic rings. The second kappa shape index (κ2) is 8.20. The second-order valence-electron chi connectivity index (χ2n) is 6.35. The third kappa shape index (κ3) is 4.22. The molecule has 0 radical (unpaired) electrons. The number of hydrogen-bond donors (Lipinski definition) is 3. The topological polar surface area (TPSA) is 69.8 Å². The number of aliphatic hydroxyl groups is 1. The van der Waals surface area contributed by atoms with Crippen molar-refractivity contribution >= 4 is 40.9 Å². The van der Waals surface area contributed by atoms with Crippen molar-refractivity contribution in [2.24, 2.45) is 10.4 Å². The number of fused-ring (bicyclic) bond motifs is 1. The number of aliphatic imine (C=N–C) groups is 1. The van der Waals surface area contributed by atoms with E-state index in [9.17, 15) is 5.11 Å². The molecule has 1 aliphatic carbocycles. The van der Waals surface area contributed by atoms with Crippen molar-refractivity contribution < 1.29 is 9.52 Å². The largest absolute Gasteiger partial charge is 0.459 e. The minimum absolute atomic E-state index is 0. The zero-order valence-corrected chi connectivity index (χ0v) is 16.6. The number of aliphatic hydroxyl groups excluding tert-OH is 1. The van der Waals surface area contributed by atoms with Gasteiger partial charge in [-0.2, -0.15) is 0 Å². The van der Waals surface area contributed by atoms with E-state index in [1.165, 1.54) is 0 Å². The van der Waals surface area contributed by atoms with Crippen LogP contribution in [0.5, 0.6) is 0 Å². The Morgan fingerprint density at radius 2 is 2.04 bits per heavy atom. The SMILES string of the molecule is CCNC(=NCc1oc2ccccc2c1C)NCC1(CO)CC1.I. The van der Waals surface area contributed by atoms with Gasteiger partial charge in [0, 0.05) is 29.5 Å². The standard InChI is InChI=1S/C18H25N3O2.HI/c1-3-19-17(21-11-18(12-22)8-9-18)20-10-16-13(2)14-6-4-5-7-15(14)23-16;/h4-7,22H,3,8-12H2,1-2H3,(H2,19,20,21);1H. The summed E-state index contributed by atoms with van der Waals surface area (Å²) in [6, 6.07) is 8.06. The summed E-state index contributed by atoms with van der Waals surface area (Å²) < 4.78 is 5.90. The van der Waals surface area contributed by atoms with Crippen LogP contribution in [0.4, 0.5) is 0 Å². The number of hydrogen-bond acceptors (Lipinski definition) is 3. The summed E-state index contributed by atoms with van der Waals surface area (Å²) >= 11 is 0. The number of nitrogens with one attached hydrogen (secondary N) is 2. The van der Waals surface area contributed by atoms with Crippen LogP contribution in [-0.2, 0) is 6.54 Å². The zero-order valence-electron chi connectivity index (χ0n) is 14.3. The Morgan fingerprint density at radius 1 is 1.29 bits per heavy atom. The first-order valence-corrected chi connectivity index (χ1v) is 8.27. The van der Waals surface area contributed by atoms with E-state index in [4.69, 9.17) is 4.42 Å². The van der Waals surface area contributed by atoms with Gasteiger partial charge in [0.05, 0.1) is 6.61 Å².